The second kappa shape index (κ2) is 32.6. The average molecular weight is 1270 g/mol. The van der Waals surface area contributed by atoms with Gasteiger partial charge in [-0.25, -0.2) is 39.9 Å². The predicted molar refractivity (Wildman–Crippen MR) is 333 cm³/mol. The Morgan fingerprint density at radius 3 is 1.48 bits per heavy atom. The largest absolute Gasteiger partial charge is 1.00 e. The van der Waals surface area contributed by atoms with Gasteiger partial charge in [-0.3, -0.25) is 19.2 Å². The molecular weight excluding hydrogens is 1210 g/mol. The number of nitrogen functional groups attached to an aromatic ring is 1. The van der Waals surface area contributed by atoms with Crippen LogP contribution in [0.15, 0.2) is 122 Å². The SMILES string of the molecule is C.Cc1ccnc(Cl)c1N.Cc1ccnc(Cl)c1NC(=O)c1cccnc1Cl.Cc1ccnc(Cl)c1NC(=O)c1cccnc1NC1CC1.Cc1ccnc2c1NC(=O)c1cccnc1N2C1CC1.NC1CC1.O=C(Cl)c1cccnc1Cl.[H-].[Na+]. The van der Waals surface area contributed by atoms with E-state index in [2.05, 4.69) is 66.0 Å². The Labute approximate surface area is 540 Å². The first-order chi connectivity index (χ1) is 39.3. The minimum Gasteiger partial charge on any atom is -1.00 e. The third-order valence-electron chi connectivity index (χ3n) is 12.2. The smallest absolute Gasteiger partial charge is 1.00 e. The molecule has 4 aliphatic rings. The number of carbonyl (C=O) groups is 4. The van der Waals surface area contributed by atoms with Crippen LogP contribution in [0, 0.1) is 27.7 Å². The molecule has 0 bridgehead atoms. The van der Waals surface area contributed by atoms with Gasteiger partial charge >= 0.3 is 29.6 Å². The number of rotatable bonds is 8. The number of nitrogens with two attached hydrogens (primary N) is 2. The molecule has 3 aliphatic carbocycles. The maximum atomic E-state index is 12.5. The number of nitrogens with one attached hydrogen (secondary N) is 4. The summed E-state index contributed by atoms with van der Waals surface area (Å²) in [5, 5.41) is 12.3. The Kier molecular flexibility index (Phi) is 26.5. The van der Waals surface area contributed by atoms with Gasteiger partial charge in [0.2, 0.25) is 0 Å². The van der Waals surface area contributed by atoms with Gasteiger partial charge in [-0.2, -0.15) is 0 Å². The van der Waals surface area contributed by atoms with Crippen molar-refractivity contribution >= 4 is 133 Å². The summed E-state index contributed by atoms with van der Waals surface area (Å²) in [6.45, 7) is 7.57. The summed E-state index contributed by atoms with van der Waals surface area (Å²) in [7, 11) is 0. The summed E-state index contributed by atoms with van der Waals surface area (Å²) < 4.78 is 0. The van der Waals surface area contributed by atoms with Gasteiger partial charge in [0.25, 0.3) is 23.0 Å². The molecule has 3 amide bonds. The molecule has 84 heavy (non-hydrogen) atoms. The molecule has 1 aliphatic heterocycles. The van der Waals surface area contributed by atoms with Crippen molar-refractivity contribution in [2.45, 2.75) is 91.8 Å². The monoisotopic (exact) mass is 1260 g/mol. The van der Waals surface area contributed by atoms with Gasteiger partial charge in [-0.1, -0.05) is 65.4 Å². The Morgan fingerprint density at radius 1 is 0.560 bits per heavy atom. The minimum atomic E-state index is -0.585. The molecular formula is C58H60Cl6N15NaO4. The summed E-state index contributed by atoms with van der Waals surface area (Å²) >= 11 is 34.0. The van der Waals surface area contributed by atoms with Crippen molar-refractivity contribution in [2.24, 2.45) is 5.73 Å². The first kappa shape index (κ1) is 68.2. The van der Waals surface area contributed by atoms with Gasteiger partial charge in [0.15, 0.2) is 21.3 Å². The molecule has 3 saturated carbocycles. The van der Waals surface area contributed by atoms with Crippen molar-refractivity contribution in [1.82, 2.24) is 39.9 Å². The summed E-state index contributed by atoms with van der Waals surface area (Å²) in [6, 6.07) is 22.1. The normalized spacial score (nSPS) is 13.1. The zero-order valence-corrected chi connectivity index (χ0v) is 52.1. The van der Waals surface area contributed by atoms with Crippen molar-refractivity contribution in [2.75, 3.05) is 31.9 Å². The summed E-state index contributed by atoms with van der Waals surface area (Å²) in [5.74, 6) is 1.39. The second-order valence-corrected chi connectivity index (χ2v) is 20.8. The number of amides is 3. The number of aryl methyl sites for hydroxylation is 4. The quantitative estimate of drug-likeness (QED) is 0.0469. The van der Waals surface area contributed by atoms with Gasteiger partial charge in [-0.15, -0.1) is 0 Å². The zero-order chi connectivity index (χ0) is 59.0. The molecule has 19 nitrogen and oxygen atoms in total. The van der Waals surface area contributed by atoms with Crippen LogP contribution in [0.25, 0.3) is 0 Å². The van der Waals surface area contributed by atoms with E-state index in [1.807, 2.05) is 45.9 Å². The Balaban J connectivity index is 0.000000228. The molecule has 9 heterocycles. The number of fused-ring (bicyclic) bond motifs is 2. The van der Waals surface area contributed by atoms with E-state index in [1.54, 1.807) is 85.7 Å². The number of nitrogens with zero attached hydrogens (tertiary/aromatic N) is 9. The molecule has 0 radical (unpaired) electrons. The molecule has 0 atom stereocenters. The van der Waals surface area contributed by atoms with Crippen LogP contribution in [-0.4, -0.2) is 81.0 Å². The first-order valence-electron chi connectivity index (χ1n) is 25.4. The summed E-state index contributed by atoms with van der Waals surface area (Å²) in [4.78, 5) is 81.8. The van der Waals surface area contributed by atoms with E-state index in [1.165, 1.54) is 31.3 Å². The maximum absolute atomic E-state index is 12.5. The van der Waals surface area contributed by atoms with Gasteiger partial charge < -0.3 is 39.1 Å². The zero-order valence-electron chi connectivity index (χ0n) is 46.6. The molecule has 12 rings (SSSR count). The van der Waals surface area contributed by atoms with Gasteiger partial charge in [-0.05, 0) is 173 Å². The molecule has 0 saturated heterocycles. The van der Waals surface area contributed by atoms with E-state index in [-0.39, 0.29) is 82.3 Å². The third-order valence-corrected chi connectivity index (χ3v) is 13.9. The Bertz CT molecular complexity index is 3540. The fraction of sp³-hybridized carbons (Fsp3) is 0.241. The van der Waals surface area contributed by atoms with Gasteiger partial charge in [0.1, 0.15) is 21.9 Å². The van der Waals surface area contributed by atoms with Gasteiger partial charge in [0.05, 0.1) is 45.0 Å². The molecule has 0 unspecified atom stereocenters. The van der Waals surface area contributed by atoms with Crippen molar-refractivity contribution in [1.29, 1.82) is 0 Å². The van der Waals surface area contributed by atoms with E-state index < -0.39 is 5.24 Å². The number of halogens is 6. The summed E-state index contributed by atoms with van der Waals surface area (Å²) in [6.07, 6.45) is 20.0. The number of anilines is 7. The van der Waals surface area contributed by atoms with Crippen LogP contribution in [-0.2, 0) is 0 Å². The molecule has 0 spiro atoms. The van der Waals surface area contributed by atoms with Crippen LogP contribution in [0.3, 0.4) is 0 Å². The van der Waals surface area contributed by atoms with Crippen LogP contribution in [0.1, 0.15) is 111 Å². The molecule has 8 N–H and O–H groups in total. The Morgan fingerprint density at radius 2 is 1.00 bits per heavy atom. The minimum absolute atomic E-state index is 0. The molecule has 0 aromatic carbocycles. The number of hydrogen-bond acceptors (Lipinski definition) is 16. The standard InChI is InChI=1S/C15H15ClN4O.C15H14N4O.C12H9Cl2N3O.C6H3Cl2NO.C6H7ClN2.C3H7N.CH4.Na.H/c1-9-6-8-17-13(16)12(9)20-15(21)11-3-2-7-18-14(11)19-10-4-5-10;1-9-6-8-17-14-12(9)18-15(20)11-3-2-7-16-13(11)19(14)10-4-5-10;1-7-4-6-16-11(14)9(7)17-12(18)8-3-2-5-15-10(8)13;7-5-4(6(8)10)2-1-3-9-5;1-4-2-3-9-6(7)5(4)8;4-3-1-2-3;;;/h2-3,6-8,10H,4-5H2,1H3,(H,18,19)(H,20,21);2-3,6-8,10H,4-5H2,1H3,(H,18,20);2-6H,1H3,(H,17,18);1-3H;2-3H,8H2,1H3;3H,1-2,4H2;1H4;;/q;;;;;;;+1;-1. The van der Waals surface area contributed by atoms with Crippen LogP contribution in [0.2, 0.25) is 25.8 Å². The van der Waals surface area contributed by atoms with Crippen molar-refractivity contribution < 1.29 is 50.2 Å². The number of aromatic nitrogens is 8. The summed E-state index contributed by atoms with van der Waals surface area (Å²) in [5.41, 5.74) is 18.4. The van der Waals surface area contributed by atoms with Crippen molar-refractivity contribution in [3.05, 3.63) is 193 Å². The molecule has 26 heteroatoms. The number of hydrogen-bond donors (Lipinski definition) is 6. The van der Waals surface area contributed by atoms with Crippen molar-refractivity contribution in [3.63, 3.8) is 0 Å². The fourth-order valence-electron chi connectivity index (χ4n) is 7.16. The average Bonchev–Trinajstić information content (AvgIpc) is 2.47. The molecule has 8 aromatic rings. The fourth-order valence-corrected chi connectivity index (χ4v) is 8.49. The van der Waals surface area contributed by atoms with E-state index in [0.717, 1.165) is 59.4 Å². The van der Waals surface area contributed by atoms with Crippen LogP contribution < -0.4 is 67.2 Å². The Hall–Kier alpha value is -6.62. The van der Waals surface area contributed by atoms with Crippen LogP contribution in [0.5, 0.6) is 0 Å². The second-order valence-electron chi connectivity index (χ2n) is 18.7. The molecule has 8 aromatic heterocycles. The van der Waals surface area contributed by atoms with Crippen LogP contribution in [0.4, 0.5) is 40.2 Å². The topological polar surface area (TPSA) is 275 Å². The number of carbonyl (C=O) groups excluding carboxylic acids is 4. The van der Waals surface area contributed by atoms with E-state index in [4.69, 9.17) is 81.1 Å². The predicted octanol–water partition coefficient (Wildman–Crippen LogP) is 10.9. The molecule has 434 valence electrons. The van der Waals surface area contributed by atoms with Crippen LogP contribution >= 0.6 is 69.6 Å². The van der Waals surface area contributed by atoms with Gasteiger partial charge in [0, 0.05) is 67.7 Å². The maximum Gasteiger partial charge on any atom is 1.00 e. The third kappa shape index (κ3) is 19.5. The van der Waals surface area contributed by atoms with E-state index >= 15 is 0 Å². The van der Waals surface area contributed by atoms with E-state index in [0.29, 0.717) is 68.7 Å². The first-order valence-corrected chi connectivity index (χ1v) is 27.7. The number of pyridine rings is 8. The molecule has 3 fully saturated rings. The van der Waals surface area contributed by atoms with E-state index in [9.17, 15) is 19.2 Å². The van der Waals surface area contributed by atoms with Crippen molar-refractivity contribution in [3.8, 4) is 0 Å².